The summed E-state index contributed by atoms with van der Waals surface area (Å²) in [7, 11) is 1.59. The largest absolute Gasteiger partial charge is 0.481 e. The van der Waals surface area contributed by atoms with Crippen molar-refractivity contribution in [2.75, 3.05) is 25.5 Å². The quantitative estimate of drug-likeness (QED) is 0.800. The Morgan fingerprint density at radius 1 is 1.03 bits per heavy atom. The van der Waals surface area contributed by atoms with E-state index in [1.165, 1.54) is 19.3 Å². The van der Waals surface area contributed by atoms with Crippen LogP contribution in [-0.2, 0) is 4.79 Å². The van der Waals surface area contributed by atoms with Gasteiger partial charge in [-0.1, -0.05) is 19.3 Å². The molecule has 4 rings (SSSR count). The summed E-state index contributed by atoms with van der Waals surface area (Å²) in [6.45, 7) is 1.45. The molecule has 2 heterocycles. The molecule has 7 nitrogen and oxygen atoms in total. The summed E-state index contributed by atoms with van der Waals surface area (Å²) < 4.78 is 5.14. The van der Waals surface area contributed by atoms with Crippen LogP contribution >= 0.6 is 0 Å². The minimum absolute atomic E-state index is 0.0896. The van der Waals surface area contributed by atoms with Crippen LogP contribution in [0, 0.1) is 5.92 Å². The third-order valence-electron chi connectivity index (χ3n) is 6.23. The Morgan fingerprint density at radius 2 is 1.80 bits per heavy atom. The Balaban J connectivity index is 1.26. The summed E-state index contributed by atoms with van der Waals surface area (Å²) in [5.41, 5.74) is 1.53. The Hall–Kier alpha value is -2.83. The van der Waals surface area contributed by atoms with Crippen LogP contribution in [0.2, 0.25) is 0 Å². The monoisotopic (exact) mass is 410 g/mol. The Bertz CT molecular complexity index is 902. The van der Waals surface area contributed by atoms with Crippen molar-refractivity contribution in [3.8, 4) is 5.88 Å². The molecule has 3 amide bonds. The third-order valence-corrected chi connectivity index (χ3v) is 6.23. The van der Waals surface area contributed by atoms with Gasteiger partial charge in [-0.3, -0.25) is 4.79 Å². The highest BCUT2D eigenvalue weighted by Gasteiger charge is 2.29. The zero-order chi connectivity index (χ0) is 20.9. The van der Waals surface area contributed by atoms with E-state index in [-0.39, 0.29) is 18.0 Å². The molecule has 2 aromatic rings. The van der Waals surface area contributed by atoms with Gasteiger partial charge in [-0.15, -0.1) is 0 Å². The fraction of sp³-hybridized carbons (Fsp3) is 0.522. The van der Waals surface area contributed by atoms with Gasteiger partial charge in [0, 0.05) is 42.2 Å². The molecule has 1 aromatic heterocycles. The normalized spacial score (nSPS) is 18.2. The molecule has 1 aromatic carbocycles. The van der Waals surface area contributed by atoms with Crippen LogP contribution in [0.5, 0.6) is 5.88 Å². The van der Waals surface area contributed by atoms with Crippen LogP contribution in [0.1, 0.15) is 44.9 Å². The Kier molecular flexibility index (Phi) is 6.35. The summed E-state index contributed by atoms with van der Waals surface area (Å²) >= 11 is 0. The molecule has 1 aliphatic heterocycles. The fourth-order valence-corrected chi connectivity index (χ4v) is 4.50. The number of anilines is 1. The van der Waals surface area contributed by atoms with Crippen molar-refractivity contribution in [2.24, 2.45) is 5.92 Å². The number of likely N-dealkylation sites (tertiary alicyclic amines) is 1. The second-order valence-corrected chi connectivity index (χ2v) is 8.29. The van der Waals surface area contributed by atoms with Crippen molar-refractivity contribution in [3.63, 3.8) is 0 Å². The number of hydrogen-bond donors (Lipinski definition) is 2. The van der Waals surface area contributed by atoms with E-state index in [0.717, 1.165) is 55.4 Å². The lowest BCUT2D eigenvalue weighted by molar-refractivity contribution is -0.137. The van der Waals surface area contributed by atoms with Crippen LogP contribution in [0.3, 0.4) is 0 Å². The molecule has 0 spiro atoms. The predicted molar refractivity (Wildman–Crippen MR) is 117 cm³/mol. The van der Waals surface area contributed by atoms with Crippen molar-refractivity contribution in [1.82, 2.24) is 15.2 Å². The average molecular weight is 411 g/mol. The standard InChI is InChI=1S/C23H30N4O3/c1-30-21-10-7-17-15-19(8-9-20(17)26-21)25-23(29)24-18-11-13-27(14-12-18)22(28)16-5-3-2-4-6-16/h7-10,15-16,18H,2-6,11-14H2,1H3,(H2,24,25,29). The molecule has 2 N–H and O–H groups in total. The van der Waals surface area contributed by atoms with Gasteiger partial charge < -0.3 is 20.3 Å². The van der Waals surface area contributed by atoms with Crippen molar-refractivity contribution in [3.05, 3.63) is 30.3 Å². The number of aromatic nitrogens is 1. The van der Waals surface area contributed by atoms with E-state index in [9.17, 15) is 9.59 Å². The number of hydrogen-bond acceptors (Lipinski definition) is 4. The summed E-state index contributed by atoms with van der Waals surface area (Å²) in [4.78, 5) is 31.5. The second-order valence-electron chi connectivity index (χ2n) is 8.29. The van der Waals surface area contributed by atoms with Gasteiger partial charge in [0.15, 0.2) is 0 Å². The summed E-state index contributed by atoms with van der Waals surface area (Å²) in [5, 5.41) is 6.89. The molecule has 1 saturated heterocycles. The number of urea groups is 1. The third kappa shape index (κ3) is 4.83. The Labute approximate surface area is 177 Å². The first kappa shape index (κ1) is 20.4. The number of methoxy groups -OCH3 is 1. The van der Waals surface area contributed by atoms with Gasteiger partial charge in [-0.25, -0.2) is 9.78 Å². The molecule has 1 aliphatic carbocycles. The van der Waals surface area contributed by atoms with E-state index in [1.807, 2.05) is 29.2 Å². The number of ether oxygens (including phenoxy) is 1. The molecule has 0 atom stereocenters. The van der Waals surface area contributed by atoms with Gasteiger partial charge in [0.2, 0.25) is 11.8 Å². The van der Waals surface area contributed by atoms with Crippen LogP contribution in [0.25, 0.3) is 10.9 Å². The van der Waals surface area contributed by atoms with E-state index < -0.39 is 0 Å². The number of rotatable bonds is 4. The number of amides is 3. The number of carbonyl (C=O) groups is 2. The predicted octanol–water partition coefficient (Wildman–Crippen LogP) is 3.94. The van der Waals surface area contributed by atoms with Crippen LogP contribution in [0.15, 0.2) is 30.3 Å². The lowest BCUT2D eigenvalue weighted by atomic mass is 9.87. The first-order chi connectivity index (χ1) is 14.6. The Morgan fingerprint density at radius 3 is 2.53 bits per heavy atom. The van der Waals surface area contributed by atoms with E-state index in [0.29, 0.717) is 11.8 Å². The van der Waals surface area contributed by atoms with Gasteiger partial charge in [0.1, 0.15) is 0 Å². The molecule has 160 valence electrons. The molecule has 2 aliphatic rings. The first-order valence-electron chi connectivity index (χ1n) is 10.9. The minimum atomic E-state index is -0.215. The van der Waals surface area contributed by atoms with E-state index in [4.69, 9.17) is 4.74 Å². The van der Waals surface area contributed by atoms with Crippen molar-refractivity contribution in [1.29, 1.82) is 0 Å². The molecule has 30 heavy (non-hydrogen) atoms. The molecule has 2 fully saturated rings. The van der Waals surface area contributed by atoms with Gasteiger partial charge >= 0.3 is 6.03 Å². The van der Waals surface area contributed by atoms with Crippen molar-refractivity contribution in [2.45, 2.75) is 51.0 Å². The van der Waals surface area contributed by atoms with Crippen LogP contribution in [-0.4, -0.2) is 48.1 Å². The number of carbonyl (C=O) groups excluding carboxylic acids is 2. The topological polar surface area (TPSA) is 83.6 Å². The van der Waals surface area contributed by atoms with Gasteiger partial charge in [-0.05, 0) is 49.9 Å². The number of fused-ring (bicyclic) bond motifs is 1. The lowest BCUT2D eigenvalue weighted by Gasteiger charge is -2.35. The van der Waals surface area contributed by atoms with Gasteiger partial charge in [-0.2, -0.15) is 0 Å². The molecule has 1 saturated carbocycles. The summed E-state index contributed by atoms with van der Waals surface area (Å²) in [6, 6.07) is 9.19. The summed E-state index contributed by atoms with van der Waals surface area (Å²) in [5.74, 6) is 1.10. The van der Waals surface area contributed by atoms with Crippen molar-refractivity contribution < 1.29 is 14.3 Å². The van der Waals surface area contributed by atoms with Crippen molar-refractivity contribution >= 4 is 28.5 Å². The summed E-state index contributed by atoms with van der Waals surface area (Å²) in [6.07, 6.45) is 7.27. The smallest absolute Gasteiger partial charge is 0.319 e. The van der Waals surface area contributed by atoms with Gasteiger partial charge in [0.05, 0.1) is 12.6 Å². The number of nitrogens with one attached hydrogen (secondary N) is 2. The number of nitrogens with zero attached hydrogens (tertiary/aromatic N) is 2. The number of piperidine rings is 1. The minimum Gasteiger partial charge on any atom is -0.481 e. The van der Waals surface area contributed by atoms with E-state index in [1.54, 1.807) is 13.2 Å². The highest BCUT2D eigenvalue weighted by atomic mass is 16.5. The molecular weight excluding hydrogens is 380 g/mol. The molecule has 0 unspecified atom stereocenters. The fourth-order valence-electron chi connectivity index (χ4n) is 4.50. The maximum Gasteiger partial charge on any atom is 0.319 e. The molecule has 7 heteroatoms. The highest BCUT2D eigenvalue weighted by Crippen LogP contribution is 2.26. The van der Waals surface area contributed by atoms with Crippen LogP contribution in [0.4, 0.5) is 10.5 Å². The average Bonchev–Trinajstić information content (AvgIpc) is 2.79. The second kappa shape index (κ2) is 9.32. The highest BCUT2D eigenvalue weighted by molar-refractivity contribution is 5.92. The molecule has 0 bridgehead atoms. The zero-order valence-corrected chi connectivity index (χ0v) is 17.5. The number of benzene rings is 1. The first-order valence-corrected chi connectivity index (χ1v) is 10.9. The SMILES string of the molecule is COc1ccc2cc(NC(=O)NC3CCN(C(=O)C4CCCCC4)CC3)ccc2n1. The zero-order valence-electron chi connectivity index (χ0n) is 17.5. The van der Waals surface area contributed by atoms with E-state index in [2.05, 4.69) is 15.6 Å². The number of pyridine rings is 1. The van der Waals surface area contributed by atoms with E-state index >= 15 is 0 Å². The van der Waals surface area contributed by atoms with Gasteiger partial charge in [0.25, 0.3) is 0 Å². The maximum absolute atomic E-state index is 12.7. The molecule has 0 radical (unpaired) electrons. The van der Waals surface area contributed by atoms with Crippen LogP contribution < -0.4 is 15.4 Å². The maximum atomic E-state index is 12.7. The lowest BCUT2D eigenvalue weighted by Crippen LogP contribution is -2.49. The molecular formula is C23H30N4O3.